The number of hydrogen-bond donors (Lipinski definition) is 1. The first kappa shape index (κ1) is 17.0. The second kappa shape index (κ2) is 10.7. The largest absolute Gasteiger partial charge is 0.382 e. The number of benzene rings is 1. The second-order valence-electron chi connectivity index (χ2n) is 4.38. The molecule has 0 bridgehead atoms. The maximum atomic E-state index is 11.8. The number of hydrogen-bond acceptors (Lipinski definition) is 3. The molecule has 0 aliphatic heterocycles. The minimum absolute atomic E-state index is 0.154. The number of nitrogens with one attached hydrogen (secondary N) is 1. The lowest BCUT2D eigenvalue weighted by Crippen LogP contribution is -2.28. The summed E-state index contributed by atoms with van der Waals surface area (Å²) in [7, 11) is 1.65. The highest BCUT2D eigenvalue weighted by atomic mass is 35.5. The predicted octanol–water partition coefficient (Wildman–Crippen LogP) is 2.53. The Morgan fingerprint density at radius 3 is 2.65 bits per heavy atom. The van der Waals surface area contributed by atoms with Crippen molar-refractivity contribution in [1.29, 1.82) is 0 Å². The molecule has 0 fully saturated rings. The first-order valence-corrected chi connectivity index (χ1v) is 7.22. The van der Waals surface area contributed by atoms with E-state index in [-0.39, 0.29) is 5.91 Å². The van der Waals surface area contributed by atoms with Crippen LogP contribution in [0.4, 0.5) is 0 Å². The normalized spacial score (nSPS) is 12.1. The Bertz CT molecular complexity index is 373. The smallest absolute Gasteiger partial charge is 0.242 e. The van der Waals surface area contributed by atoms with Crippen LogP contribution in [0.3, 0.4) is 0 Å². The van der Waals surface area contributed by atoms with Crippen molar-refractivity contribution in [3.63, 3.8) is 0 Å². The molecule has 20 heavy (non-hydrogen) atoms. The van der Waals surface area contributed by atoms with E-state index >= 15 is 0 Å². The number of ether oxygens (including phenoxy) is 2. The summed E-state index contributed by atoms with van der Waals surface area (Å²) in [5, 5.41) is 2.20. The SMILES string of the molecule is COCCOCCCCNC(=O)C(Cl)c1ccccc1. The van der Waals surface area contributed by atoms with Crippen molar-refractivity contribution in [2.24, 2.45) is 0 Å². The van der Waals surface area contributed by atoms with Crippen LogP contribution in [0.15, 0.2) is 30.3 Å². The van der Waals surface area contributed by atoms with Gasteiger partial charge in [0.25, 0.3) is 0 Å². The monoisotopic (exact) mass is 299 g/mol. The third-order valence-electron chi connectivity index (χ3n) is 2.77. The number of halogens is 1. The molecule has 1 atom stereocenters. The molecular weight excluding hydrogens is 278 g/mol. The van der Waals surface area contributed by atoms with Crippen molar-refractivity contribution in [3.8, 4) is 0 Å². The van der Waals surface area contributed by atoms with Gasteiger partial charge in [-0.05, 0) is 18.4 Å². The topological polar surface area (TPSA) is 47.6 Å². The molecule has 4 nitrogen and oxygen atoms in total. The quantitative estimate of drug-likeness (QED) is 0.533. The van der Waals surface area contributed by atoms with Crippen molar-refractivity contribution >= 4 is 17.5 Å². The van der Waals surface area contributed by atoms with E-state index in [2.05, 4.69) is 5.32 Å². The van der Waals surface area contributed by atoms with Gasteiger partial charge in [-0.15, -0.1) is 11.6 Å². The van der Waals surface area contributed by atoms with Crippen molar-refractivity contribution in [3.05, 3.63) is 35.9 Å². The van der Waals surface area contributed by atoms with Gasteiger partial charge in [-0.2, -0.15) is 0 Å². The maximum absolute atomic E-state index is 11.8. The number of unbranched alkanes of at least 4 members (excludes halogenated alkanes) is 1. The second-order valence-corrected chi connectivity index (χ2v) is 4.81. The van der Waals surface area contributed by atoms with Crippen LogP contribution in [0.1, 0.15) is 23.8 Å². The molecule has 1 aromatic carbocycles. The lowest BCUT2D eigenvalue weighted by atomic mass is 10.1. The van der Waals surface area contributed by atoms with E-state index in [4.69, 9.17) is 21.1 Å². The van der Waals surface area contributed by atoms with Gasteiger partial charge in [0.15, 0.2) is 0 Å². The van der Waals surface area contributed by atoms with Gasteiger partial charge in [-0.3, -0.25) is 4.79 Å². The molecular formula is C15H22ClNO3. The molecule has 0 aromatic heterocycles. The standard InChI is InChI=1S/C15H22ClNO3/c1-19-11-12-20-10-6-5-9-17-15(18)14(16)13-7-3-2-4-8-13/h2-4,7-8,14H,5-6,9-12H2,1H3,(H,17,18). The Hall–Kier alpha value is -1.10. The van der Waals surface area contributed by atoms with Crippen LogP contribution in [0.25, 0.3) is 0 Å². The van der Waals surface area contributed by atoms with Crippen LogP contribution in [0.2, 0.25) is 0 Å². The summed E-state index contributed by atoms with van der Waals surface area (Å²) in [5.41, 5.74) is 0.814. The molecule has 0 aliphatic carbocycles. The summed E-state index contributed by atoms with van der Waals surface area (Å²) in [6.07, 6.45) is 1.78. The summed E-state index contributed by atoms with van der Waals surface area (Å²) in [6, 6.07) is 9.33. The van der Waals surface area contributed by atoms with E-state index in [1.807, 2.05) is 30.3 Å². The van der Waals surface area contributed by atoms with Gasteiger partial charge in [-0.1, -0.05) is 30.3 Å². The molecule has 0 aliphatic rings. The Morgan fingerprint density at radius 1 is 1.20 bits per heavy atom. The van der Waals surface area contributed by atoms with Crippen molar-refractivity contribution in [1.82, 2.24) is 5.32 Å². The minimum Gasteiger partial charge on any atom is -0.382 e. The molecule has 1 amide bonds. The zero-order valence-electron chi connectivity index (χ0n) is 11.8. The number of carbonyl (C=O) groups is 1. The summed E-state index contributed by atoms with van der Waals surface area (Å²) < 4.78 is 10.2. The van der Waals surface area contributed by atoms with E-state index in [9.17, 15) is 4.79 Å². The van der Waals surface area contributed by atoms with Crippen molar-refractivity contribution < 1.29 is 14.3 Å². The molecule has 0 radical (unpaired) electrons. The molecule has 0 heterocycles. The zero-order chi connectivity index (χ0) is 14.6. The molecule has 0 spiro atoms. The molecule has 112 valence electrons. The number of amides is 1. The summed E-state index contributed by atoms with van der Waals surface area (Å²) >= 11 is 6.10. The number of rotatable bonds is 10. The molecule has 5 heteroatoms. The van der Waals surface area contributed by atoms with Crippen molar-refractivity contribution in [2.75, 3.05) is 33.5 Å². The van der Waals surface area contributed by atoms with E-state index in [0.717, 1.165) is 18.4 Å². The van der Waals surface area contributed by atoms with Gasteiger partial charge in [0.2, 0.25) is 5.91 Å². The third kappa shape index (κ3) is 6.89. The lowest BCUT2D eigenvalue weighted by Gasteiger charge is -2.10. The average Bonchev–Trinajstić information content (AvgIpc) is 2.50. The summed E-state index contributed by atoms with van der Waals surface area (Å²) in [4.78, 5) is 11.8. The van der Waals surface area contributed by atoms with E-state index in [0.29, 0.717) is 26.4 Å². The van der Waals surface area contributed by atoms with Crippen LogP contribution in [0.5, 0.6) is 0 Å². The average molecular weight is 300 g/mol. The van der Waals surface area contributed by atoms with Crippen LogP contribution in [0, 0.1) is 0 Å². The fourth-order valence-corrected chi connectivity index (χ4v) is 1.87. The molecule has 0 saturated carbocycles. The summed E-state index contributed by atoms with van der Waals surface area (Å²) in [6.45, 7) is 2.52. The van der Waals surface area contributed by atoms with Gasteiger partial charge in [0.1, 0.15) is 5.38 Å². The fourth-order valence-electron chi connectivity index (χ4n) is 1.65. The predicted molar refractivity (Wildman–Crippen MR) is 80.0 cm³/mol. The van der Waals surface area contributed by atoms with Gasteiger partial charge >= 0.3 is 0 Å². The van der Waals surface area contributed by atoms with Gasteiger partial charge < -0.3 is 14.8 Å². The third-order valence-corrected chi connectivity index (χ3v) is 3.22. The highest BCUT2D eigenvalue weighted by Crippen LogP contribution is 2.19. The maximum Gasteiger partial charge on any atom is 0.242 e. The Labute approximate surface area is 125 Å². The van der Waals surface area contributed by atoms with Gasteiger partial charge in [0.05, 0.1) is 13.2 Å². The lowest BCUT2D eigenvalue weighted by molar-refractivity contribution is -0.120. The van der Waals surface area contributed by atoms with E-state index in [1.54, 1.807) is 7.11 Å². The number of methoxy groups -OCH3 is 1. The molecule has 0 saturated heterocycles. The van der Waals surface area contributed by atoms with Gasteiger partial charge in [-0.25, -0.2) is 0 Å². The molecule has 1 rings (SSSR count). The highest BCUT2D eigenvalue weighted by molar-refractivity contribution is 6.30. The Morgan fingerprint density at radius 2 is 1.95 bits per heavy atom. The minimum atomic E-state index is -0.630. The Kier molecular flexibility index (Phi) is 9.04. The first-order chi connectivity index (χ1) is 9.75. The van der Waals surface area contributed by atoms with Crippen LogP contribution >= 0.6 is 11.6 Å². The molecule has 1 aromatic rings. The van der Waals surface area contributed by atoms with Gasteiger partial charge in [0, 0.05) is 20.3 Å². The van der Waals surface area contributed by atoms with Crippen LogP contribution < -0.4 is 5.32 Å². The zero-order valence-corrected chi connectivity index (χ0v) is 12.6. The van der Waals surface area contributed by atoms with E-state index < -0.39 is 5.38 Å². The fraction of sp³-hybridized carbons (Fsp3) is 0.533. The van der Waals surface area contributed by atoms with Crippen LogP contribution in [-0.2, 0) is 14.3 Å². The number of carbonyl (C=O) groups excluding carboxylic acids is 1. The molecule has 1 N–H and O–H groups in total. The van der Waals surface area contributed by atoms with Crippen LogP contribution in [-0.4, -0.2) is 39.4 Å². The molecule has 1 unspecified atom stereocenters. The number of alkyl halides is 1. The van der Waals surface area contributed by atoms with E-state index in [1.165, 1.54) is 0 Å². The Balaban J connectivity index is 2.08. The highest BCUT2D eigenvalue weighted by Gasteiger charge is 2.16. The summed E-state index contributed by atoms with van der Waals surface area (Å²) in [5.74, 6) is -0.154. The first-order valence-electron chi connectivity index (χ1n) is 6.79. The van der Waals surface area contributed by atoms with Crippen molar-refractivity contribution in [2.45, 2.75) is 18.2 Å².